The van der Waals surface area contributed by atoms with Crippen LogP contribution in [0.4, 0.5) is 0 Å². The summed E-state index contributed by atoms with van der Waals surface area (Å²) in [4.78, 5) is 19.3. The van der Waals surface area contributed by atoms with Gasteiger partial charge in [0.25, 0.3) is 0 Å². The van der Waals surface area contributed by atoms with Gasteiger partial charge in [-0.1, -0.05) is 20.8 Å². The summed E-state index contributed by atoms with van der Waals surface area (Å²) in [7, 11) is 0. The summed E-state index contributed by atoms with van der Waals surface area (Å²) in [5, 5.41) is 0.954. The van der Waals surface area contributed by atoms with E-state index in [1.54, 1.807) is 6.20 Å². The average molecular weight is 312 g/mol. The summed E-state index contributed by atoms with van der Waals surface area (Å²) in [6.07, 6.45) is 1.49. The van der Waals surface area contributed by atoms with Crippen molar-refractivity contribution in [1.82, 2.24) is 9.88 Å². The number of hydrogen-bond donors (Lipinski definition) is 0. The van der Waals surface area contributed by atoms with Crippen LogP contribution in [-0.4, -0.2) is 54.8 Å². The van der Waals surface area contributed by atoms with Crippen LogP contribution in [0.5, 0.6) is 0 Å². The lowest BCUT2D eigenvalue weighted by molar-refractivity contribution is 0.000714. The summed E-state index contributed by atoms with van der Waals surface area (Å²) in [5.41, 5.74) is -0.0391. The first-order chi connectivity index (χ1) is 9.86. The molecule has 2 heterocycles. The Hall–Kier alpha value is -0.980. The monoisotopic (exact) mass is 312 g/mol. The molecule has 0 aliphatic carbocycles. The van der Waals surface area contributed by atoms with Crippen molar-refractivity contribution in [3.05, 3.63) is 16.1 Å². The number of ether oxygens (including phenoxy) is 2. The fraction of sp³-hybridized carbons (Fsp3) is 0.733. The lowest BCUT2D eigenvalue weighted by Crippen LogP contribution is -2.41. The van der Waals surface area contributed by atoms with Gasteiger partial charge in [0.2, 0.25) is 0 Å². The molecule has 1 aromatic heterocycles. The smallest absolute Gasteiger partial charge is 0.350 e. The Balaban J connectivity index is 1.87. The van der Waals surface area contributed by atoms with Gasteiger partial charge in [0.1, 0.15) is 11.0 Å². The van der Waals surface area contributed by atoms with Crippen molar-refractivity contribution in [3.8, 4) is 0 Å². The first-order valence-corrected chi connectivity index (χ1v) is 8.15. The predicted octanol–water partition coefficient (Wildman–Crippen LogP) is 2.32. The summed E-state index contributed by atoms with van der Waals surface area (Å²) in [5.74, 6) is -0.274. The Morgan fingerprint density at radius 2 is 2.14 bits per heavy atom. The molecule has 1 atom stereocenters. The van der Waals surface area contributed by atoms with Crippen LogP contribution in [0.3, 0.4) is 0 Å². The topological polar surface area (TPSA) is 51.7 Å². The van der Waals surface area contributed by atoms with Crippen molar-refractivity contribution >= 4 is 17.3 Å². The van der Waals surface area contributed by atoms with Gasteiger partial charge in [-0.2, -0.15) is 0 Å². The van der Waals surface area contributed by atoms with Crippen LogP contribution in [0.25, 0.3) is 0 Å². The van der Waals surface area contributed by atoms with E-state index in [4.69, 9.17) is 9.47 Å². The maximum atomic E-state index is 12.1. The predicted molar refractivity (Wildman–Crippen MR) is 83.0 cm³/mol. The molecule has 5 nitrogen and oxygen atoms in total. The molecular weight excluding hydrogens is 288 g/mol. The van der Waals surface area contributed by atoms with Crippen molar-refractivity contribution in [2.45, 2.75) is 39.2 Å². The van der Waals surface area contributed by atoms with Crippen LogP contribution in [-0.2, 0) is 14.9 Å². The Morgan fingerprint density at radius 1 is 1.48 bits per heavy atom. The molecule has 0 amide bonds. The zero-order valence-corrected chi connectivity index (χ0v) is 14.0. The second-order valence-corrected chi connectivity index (χ2v) is 7.44. The molecule has 1 aliphatic heterocycles. The lowest BCUT2D eigenvalue weighted by atomic mass is 9.98. The van der Waals surface area contributed by atoms with Crippen LogP contribution in [0, 0.1) is 0 Å². The van der Waals surface area contributed by atoms with E-state index in [9.17, 15) is 4.79 Å². The molecule has 0 unspecified atom stereocenters. The van der Waals surface area contributed by atoms with Gasteiger partial charge in [-0.15, -0.1) is 11.3 Å². The number of thiazole rings is 1. The van der Waals surface area contributed by atoms with Gasteiger partial charge in [0.05, 0.1) is 24.4 Å². The van der Waals surface area contributed by atoms with E-state index in [1.165, 1.54) is 11.3 Å². The first kappa shape index (κ1) is 16.4. The van der Waals surface area contributed by atoms with E-state index >= 15 is 0 Å². The van der Waals surface area contributed by atoms with E-state index in [0.717, 1.165) is 37.9 Å². The molecule has 1 aromatic rings. The summed E-state index contributed by atoms with van der Waals surface area (Å²) >= 11 is 1.42. The summed E-state index contributed by atoms with van der Waals surface area (Å²) in [6, 6.07) is 0. The van der Waals surface area contributed by atoms with E-state index in [2.05, 4.69) is 30.7 Å². The van der Waals surface area contributed by atoms with Crippen molar-refractivity contribution in [2.75, 3.05) is 32.8 Å². The van der Waals surface area contributed by atoms with Crippen LogP contribution in [0.1, 0.15) is 42.4 Å². The summed E-state index contributed by atoms with van der Waals surface area (Å²) in [6.45, 7) is 12.2. The number of nitrogens with zero attached hydrogens (tertiary/aromatic N) is 2. The maximum absolute atomic E-state index is 12.1. The van der Waals surface area contributed by atoms with Crippen molar-refractivity contribution in [1.29, 1.82) is 0 Å². The number of morpholine rings is 1. The largest absolute Gasteiger partial charge is 0.457 e. The quantitative estimate of drug-likeness (QED) is 0.799. The standard InChI is InChI=1S/C15H24N2O3S/c1-11(10-17-5-7-19-8-6-17)20-13(18)12-9-16-14(21-12)15(2,3)4/h9,11H,5-8,10H2,1-4H3/t11-/m0/s1. The highest BCUT2D eigenvalue weighted by Crippen LogP contribution is 2.27. The molecule has 0 N–H and O–H groups in total. The van der Waals surface area contributed by atoms with E-state index in [-0.39, 0.29) is 17.5 Å². The minimum Gasteiger partial charge on any atom is -0.457 e. The molecule has 2 rings (SSSR count). The van der Waals surface area contributed by atoms with Gasteiger partial charge in [-0.05, 0) is 6.92 Å². The molecular formula is C15H24N2O3S. The lowest BCUT2D eigenvalue weighted by Gasteiger charge is -2.28. The molecule has 0 aromatic carbocycles. The van der Waals surface area contributed by atoms with Gasteiger partial charge in [0, 0.05) is 25.0 Å². The highest BCUT2D eigenvalue weighted by molar-refractivity contribution is 7.13. The molecule has 0 radical (unpaired) electrons. The van der Waals surface area contributed by atoms with Crippen LogP contribution in [0.15, 0.2) is 6.20 Å². The van der Waals surface area contributed by atoms with Crippen LogP contribution >= 0.6 is 11.3 Å². The molecule has 0 saturated carbocycles. The molecule has 0 bridgehead atoms. The van der Waals surface area contributed by atoms with Crippen molar-refractivity contribution < 1.29 is 14.3 Å². The Morgan fingerprint density at radius 3 is 2.71 bits per heavy atom. The third-order valence-electron chi connectivity index (χ3n) is 3.28. The van der Waals surface area contributed by atoms with Gasteiger partial charge in [-0.25, -0.2) is 9.78 Å². The molecule has 1 saturated heterocycles. The van der Waals surface area contributed by atoms with E-state index in [0.29, 0.717) is 4.88 Å². The van der Waals surface area contributed by atoms with Crippen LogP contribution in [0.2, 0.25) is 0 Å². The molecule has 0 spiro atoms. The molecule has 6 heteroatoms. The fourth-order valence-corrected chi connectivity index (χ4v) is 3.00. The number of esters is 1. The van der Waals surface area contributed by atoms with Crippen molar-refractivity contribution in [2.24, 2.45) is 0 Å². The normalized spacial score (nSPS) is 18.5. The first-order valence-electron chi connectivity index (χ1n) is 7.33. The number of carbonyl (C=O) groups is 1. The van der Waals surface area contributed by atoms with Gasteiger partial charge < -0.3 is 9.47 Å². The number of carbonyl (C=O) groups excluding carboxylic acids is 1. The Kier molecular flexibility index (Phi) is 5.35. The highest BCUT2D eigenvalue weighted by atomic mass is 32.1. The third kappa shape index (κ3) is 4.76. The minimum atomic E-state index is -0.274. The number of rotatable bonds is 4. The average Bonchev–Trinajstić information content (AvgIpc) is 2.89. The van der Waals surface area contributed by atoms with Crippen molar-refractivity contribution in [3.63, 3.8) is 0 Å². The third-order valence-corrected chi connectivity index (χ3v) is 4.68. The molecule has 118 valence electrons. The van der Waals surface area contributed by atoms with E-state index < -0.39 is 0 Å². The van der Waals surface area contributed by atoms with Gasteiger partial charge in [0.15, 0.2) is 0 Å². The zero-order valence-electron chi connectivity index (χ0n) is 13.2. The second kappa shape index (κ2) is 6.85. The fourth-order valence-electron chi connectivity index (χ4n) is 2.14. The SMILES string of the molecule is C[C@@H](CN1CCOCC1)OC(=O)c1cnc(C(C)(C)C)s1. The Labute approximate surface area is 130 Å². The number of hydrogen-bond acceptors (Lipinski definition) is 6. The highest BCUT2D eigenvalue weighted by Gasteiger charge is 2.22. The molecule has 1 aliphatic rings. The Bertz CT molecular complexity index is 476. The zero-order chi connectivity index (χ0) is 15.5. The van der Waals surface area contributed by atoms with Crippen LogP contribution < -0.4 is 0 Å². The van der Waals surface area contributed by atoms with Gasteiger partial charge >= 0.3 is 5.97 Å². The second-order valence-electron chi connectivity index (χ2n) is 6.41. The minimum absolute atomic E-state index is 0.0391. The van der Waals surface area contributed by atoms with E-state index in [1.807, 2.05) is 6.92 Å². The molecule has 1 fully saturated rings. The number of aromatic nitrogens is 1. The van der Waals surface area contributed by atoms with Gasteiger partial charge in [-0.3, -0.25) is 4.90 Å². The summed E-state index contributed by atoms with van der Waals surface area (Å²) < 4.78 is 10.8. The maximum Gasteiger partial charge on any atom is 0.350 e. The molecule has 21 heavy (non-hydrogen) atoms.